The highest BCUT2D eigenvalue weighted by atomic mass is 32.1. The van der Waals surface area contributed by atoms with Gasteiger partial charge < -0.3 is 15.4 Å². The van der Waals surface area contributed by atoms with Crippen LogP contribution in [-0.4, -0.2) is 32.8 Å². The van der Waals surface area contributed by atoms with Crippen LogP contribution < -0.4 is 10.6 Å². The molecule has 120 valence electrons. The molecule has 0 saturated heterocycles. The molecule has 1 heterocycles. The first kappa shape index (κ1) is 18.0. The molecule has 0 aliphatic rings. The minimum atomic E-state index is 0.102. The SMILES string of the molecule is CCc1ccc(CNC(=NC)NCC(OC)C(C)(C)C)s1. The summed E-state index contributed by atoms with van der Waals surface area (Å²) >= 11 is 1.85. The lowest BCUT2D eigenvalue weighted by Crippen LogP contribution is -2.45. The van der Waals surface area contributed by atoms with Crippen LogP contribution in [0.1, 0.15) is 37.4 Å². The Bertz CT molecular complexity index is 449. The summed E-state index contributed by atoms with van der Waals surface area (Å²) in [5.74, 6) is 0.813. The summed E-state index contributed by atoms with van der Waals surface area (Å²) in [7, 11) is 3.55. The van der Waals surface area contributed by atoms with Gasteiger partial charge in [0.05, 0.1) is 12.6 Å². The number of aryl methyl sites for hydroxylation is 1. The highest BCUT2D eigenvalue weighted by Crippen LogP contribution is 2.21. The maximum absolute atomic E-state index is 5.55. The number of hydrogen-bond donors (Lipinski definition) is 2. The number of guanidine groups is 1. The topological polar surface area (TPSA) is 45.7 Å². The number of nitrogens with zero attached hydrogens (tertiary/aromatic N) is 1. The van der Waals surface area contributed by atoms with E-state index >= 15 is 0 Å². The van der Waals surface area contributed by atoms with Gasteiger partial charge in [0.15, 0.2) is 5.96 Å². The normalized spacial score (nSPS) is 14.1. The fourth-order valence-electron chi connectivity index (χ4n) is 2.03. The van der Waals surface area contributed by atoms with Crippen LogP contribution in [0.15, 0.2) is 17.1 Å². The Labute approximate surface area is 133 Å². The lowest BCUT2D eigenvalue weighted by Gasteiger charge is -2.30. The summed E-state index contributed by atoms with van der Waals surface area (Å²) < 4.78 is 5.55. The third-order valence-electron chi connectivity index (χ3n) is 3.42. The molecule has 21 heavy (non-hydrogen) atoms. The van der Waals surface area contributed by atoms with Crippen LogP contribution in [0.4, 0.5) is 0 Å². The Kier molecular flexibility index (Phi) is 7.18. The van der Waals surface area contributed by atoms with E-state index in [1.165, 1.54) is 9.75 Å². The minimum absolute atomic E-state index is 0.102. The molecule has 0 aliphatic heterocycles. The van der Waals surface area contributed by atoms with Gasteiger partial charge in [0, 0.05) is 30.5 Å². The van der Waals surface area contributed by atoms with E-state index in [1.54, 1.807) is 14.2 Å². The molecule has 0 aliphatic carbocycles. The lowest BCUT2D eigenvalue weighted by molar-refractivity contribution is 0.0205. The summed E-state index contributed by atoms with van der Waals surface area (Å²) in [6.45, 7) is 10.3. The molecule has 0 fully saturated rings. The van der Waals surface area contributed by atoms with Gasteiger partial charge in [-0.3, -0.25) is 4.99 Å². The number of aliphatic imine (C=N–C) groups is 1. The average molecular weight is 311 g/mol. The van der Waals surface area contributed by atoms with Crippen molar-refractivity contribution in [2.24, 2.45) is 10.4 Å². The first-order chi connectivity index (χ1) is 9.90. The van der Waals surface area contributed by atoms with Gasteiger partial charge in [-0.1, -0.05) is 27.7 Å². The van der Waals surface area contributed by atoms with E-state index in [0.29, 0.717) is 0 Å². The van der Waals surface area contributed by atoms with Crippen molar-refractivity contribution < 1.29 is 4.74 Å². The molecule has 0 saturated carbocycles. The van der Waals surface area contributed by atoms with Crippen LogP contribution in [0, 0.1) is 5.41 Å². The summed E-state index contributed by atoms with van der Waals surface area (Å²) in [6, 6.07) is 4.37. The van der Waals surface area contributed by atoms with Crippen molar-refractivity contribution in [1.29, 1.82) is 0 Å². The molecule has 4 nitrogen and oxygen atoms in total. The Morgan fingerprint density at radius 1 is 1.29 bits per heavy atom. The first-order valence-electron chi connectivity index (χ1n) is 7.45. The third kappa shape index (κ3) is 6.06. The van der Waals surface area contributed by atoms with Crippen LogP contribution in [0.25, 0.3) is 0 Å². The summed E-state index contributed by atoms with van der Waals surface area (Å²) in [5.41, 5.74) is 0.102. The van der Waals surface area contributed by atoms with E-state index in [-0.39, 0.29) is 11.5 Å². The maximum Gasteiger partial charge on any atom is 0.191 e. The smallest absolute Gasteiger partial charge is 0.191 e. The van der Waals surface area contributed by atoms with E-state index in [1.807, 2.05) is 11.3 Å². The summed E-state index contributed by atoms with van der Waals surface area (Å²) in [5, 5.41) is 6.68. The van der Waals surface area contributed by atoms with Crippen molar-refractivity contribution in [2.75, 3.05) is 20.7 Å². The minimum Gasteiger partial charge on any atom is -0.379 e. The fourth-order valence-corrected chi connectivity index (χ4v) is 2.93. The Morgan fingerprint density at radius 3 is 2.43 bits per heavy atom. The second-order valence-corrected chi connectivity index (χ2v) is 7.37. The molecule has 1 atom stereocenters. The molecule has 0 aromatic carbocycles. The Morgan fingerprint density at radius 2 is 1.95 bits per heavy atom. The number of hydrogen-bond acceptors (Lipinski definition) is 3. The van der Waals surface area contributed by atoms with Crippen LogP contribution in [0.5, 0.6) is 0 Å². The van der Waals surface area contributed by atoms with E-state index in [9.17, 15) is 0 Å². The van der Waals surface area contributed by atoms with E-state index in [0.717, 1.165) is 25.5 Å². The quantitative estimate of drug-likeness (QED) is 0.627. The lowest BCUT2D eigenvalue weighted by atomic mass is 9.89. The standard InChI is InChI=1S/C16H29N3OS/c1-7-12-8-9-13(21-12)10-18-15(17-5)19-11-14(20-6)16(2,3)4/h8-9,14H,7,10-11H2,1-6H3,(H2,17,18,19). The van der Waals surface area contributed by atoms with Gasteiger partial charge in [0.1, 0.15) is 0 Å². The van der Waals surface area contributed by atoms with Crippen molar-refractivity contribution in [3.8, 4) is 0 Å². The van der Waals surface area contributed by atoms with Gasteiger partial charge in [0.25, 0.3) is 0 Å². The monoisotopic (exact) mass is 311 g/mol. The first-order valence-corrected chi connectivity index (χ1v) is 8.27. The summed E-state index contributed by atoms with van der Waals surface area (Å²) in [4.78, 5) is 7.01. The van der Waals surface area contributed by atoms with E-state index in [4.69, 9.17) is 4.74 Å². The van der Waals surface area contributed by atoms with Crippen LogP contribution in [-0.2, 0) is 17.7 Å². The van der Waals surface area contributed by atoms with Crippen molar-refractivity contribution in [3.05, 3.63) is 21.9 Å². The van der Waals surface area contributed by atoms with Gasteiger partial charge >= 0.3 is 0 Å². The van der Waals surface area contributed by atoms with Gasteiger partial charge in [-0.2, -0.15) is 0 Å². The van der Waals surface area contributed by atoms with Crippen LogP contribution in [0.3, 0.4) is 0 Å². The zero-order chi connectivity index (χ0) is 15.9. The molecular formula is C16H29N3OS. The Hall–Kier alpha value is -1.07. The molecule has 5 heteroatoms. The molecule has 1 aromatic heterocycles. The molecule has 1 aromatic rings. The zero-order valence-corrected chi connectivity index (χ0v) is 14.9. The van der Waals surface area contributed by atoms with Gasteiger partial charge in [-0.15, -0.1) is 11.3 Å². The van der Waals surface area contributed by atoms with Crippen molar-refractivity contribution in [2.45, 2.75) is 46.8 Å². The molecule has 0 spiro atoms. The fraction of sp³-hybridized carbons (Fsp3) is 0.688. The summed E-state index contributed by atoms with van der Waals surface area (Å²) in [6.07, 6.45) is 1.24. The molecule has 0 amide bonds. The molecular weight excluding hydrogens is 282 g/mol. The van der Waals surface area contributed by atoms with E-state index < -0.39 is 0 Å². The third-order valence-corrected chi connectivity index (χ3v) is 4.65. The zero-order valence-electron chi connectivity index (χ0n) is 14.1. The largest absolute Gasteiger partial charge is 0.379 e. The van der Waals surface area contributed by atoms with Gasteiger partial charge in [0.2, 0.25) is 0 Å². The van der Waals surface area contributed by atoms with Crippen molar-refractivity contribution in [1.82, 2.24) is 10.6 Å². The molecule has 2 N–H and O–H groups in total. The second kappa shape index (κ2) is 8.39. The number of rotatable bonds is 6. The van der Waals surface area contributed by atoms with Gasteiger partial charge in [-0.25, -0.2) is 0 Å². The highest BCUT2D eigenvalue weighted by Gasteiger charge is 2.24. The van der Waals surface area contributed by atoms with Crippen LogP contribution in [0.2, 0.25) is 0 Å². The van der Waals surface area contributed by atoms with Gasteiger partial charge in [-0.05, 0) is 24.0 Å². The predicted molar refractivity (Wildman–Crippen MR) is 92.2 cm³/mol. The predicted octanol–water partition coefficient (Wildman–Crippen LogP) is 3.04. The number of nitrogens with one attached hydrogen (secondary N) is 2. The van der Waals surface area contributed by atoms with Crippen LogP contribution >= 0.6 is 11.3 Å². The maximum atomic E-state index is 5.55. The average Bonchev–Trinajstić information content (AvgIpc) is 2.89. The molecule has 1 unspecified atom stereocenters. The highest BCUT2D eigenvalue weighted by molar-refractivity contribution is 7.11. The van der Waals surface area contributed by atoms with Crippen molar-refractivity contribution in [3.63, 3.8) is 0 Å². The number of thiophene rings is 1. The molecule has 1 rings (SSSR count). The number of methoxy groups -OCH3 is 1. The number of ether oxygens (including phenoxy) is 1. The molecule has 0 bridgehead atoms. The van der Waals surface area contributed by atoms with E-state index in [2.05, 4.69) is 55.5 Å². The Balaban J connectivity index is 2.45. The molecule has 0 radical (unpaired) electrons. The van der Waals surface area contributed by atoms with Crippen molar-refractivity contribution >= 4 is 17.3 Å². The second-order valence-electron chi connectivity index (χ2n) is 6.12.